The van der Waals surface area contributed by atoms with Crippen molar-refractivity contribution in [2.75, 3.05) is 12.0 Å². The van der Waals surface area contributed by atoms with E-state index in [1.54, 1.807) is 36.5 Å². The van der Waals surface area contributed by atoms with Crippen molar-refractivity contribution in [2.45, 2.75) is 29.7 Å². The van der Waals surface area contributed by atoms with Gasteiger partial charge in [-0.05, 0) is 60.4 Å². The number of sulfone groups is 2. The summed E-state index contributed by atoms with van der Waals surface area (Å²) in [7, 11) is -6.83. The molecule has 0 bridgehead atoms. The summed E-state index contributed by atoms with van der Waals surface area (Å²) >= 11 is 0. The number of nitrogens with one attached hydrogen (secondary N) is 1. The van der Waals surface area contributed by atoms with Gasteiger partial charge in [0.05, 0.1) is 21.2 Å². The van der Waals surface area contributed by atoms with E-state index < -0.39 is 25.6 Å². The molecule has 0 spiro atoms. The van der Waals surface area contributed by atoms with Crippen molar-refractivity contribution in [1.82, 2.24) is 10.3 Å². The van der Waals surface area contributed by atoms with Gasteiger partial charge in [0, 0.05) is 30.1 Å². The van der Waals surface area contributed by atoms with Crippen LogP contribution >= 0.6 is 0 Å². The highest BCUT2D eigenvalue weighted by molar-refractivity contribution is 7.91. The fourth-order valence-electron chi connectivity index (χ4n) is 3.57. The summed E-state index contributed by atoms with van der Waals surface area (Å²) in [4.78, 5) is 17.5. The zero-order valence-corrected chi connectivity index (χ0v) is 19.3. The topological polar surface area (TPSA) is 110 Å². The van der Waals surface area contributed by atoms with Crippen LogP contribution in [0.1, 0.15) is 27.0 Å². The molecular weight excluding hydrogens is 448 g/mol. The summed E-state index contributed by atoms with van der Waals surface area (Å²) in [5, 5.41) is 2.75. The van der Waals surface area contributed by atoms with Crippen LogP contribution in [0.15, 0.2) is 64.5 Å². The van der Waals surface area contributed by atoms with Crippen LogP contribution in [0.2, 0.25) is 0 Å². The van der Waals surface area contributed by atoms with Crippen LogP contribution in [0.5, 0.6) is 0 Å². The van der Waals surface area contributed by atoms with Crippen molar-refractivity contribution in [3.63, 3.8) is 0 Å². The predicted octanol–water partition coefficient (Wildman–Crippen LogP) is 2.72. The minimum Gasteiger partial charge on any atom is -0.348 e. The summed E-state index contributed by atoms with van der Waals surface area (Å²) in [6.07, 6.45) is 3.25. The first-order valence-corrected chi connectivity index (χ1v) is 13.5. The molecule has 3 aromatic rings. The first kappa shape index (κ1) is 22.2. The van der Waals surface area contributed by atoms with Gasteiger partial charge >= 0.3 is 0 Å². The van der Waals surface area contributed by atoms with Gasteiger partial charge in [-0.1, -0.05) is 18.2 Å². The van der Waals surface area contributed by atoms with E-state index in [2.05, 4.69) is 10.3 Å². The summed E-state index contributed by atoms with van der Waals surface area (Å²) in [6.45, 7) is 2.01. The molecule has 32 heavy (non-hydrogen) atoms. The number of nitrogens with zero attached hydrogens (tertiary/aromatic N) is 1. The molecule has 0 atom stereocenters. The Morgan fingerprint density at radius 3 is 2.56 bits per heavy atom. The summed E-state index contributed by atoms with van der Waals surface area (Å²) in [6, 6.07) is 13.2. The Labute approximate surface area is 187 Å². The Morgan fingerprint density at radius 2 is 1.88 bits per heavy atom. The Morgan fingerprint density at radius 1 is 1.09 bits per heavy atom. The molecule has 9 heteroatoms. The molecule has 0 saturated carbocycles. The summed E-state index contributed by atoms with van der Waals surface area (Å²) < 4.78 is 48.6. The number of fused-ring (bicyclic) bond motifs is 1. The van der Waals surface area contributed by atoms with Crippen LogP contribution in [-0.4, -0.2) is 39.7 Å². The van der Waals surface area contributed by atoms with Crippen molar-refractivity contribution < 1.29 is 21.6 Å². The van der Waals surface area contributed by atoms with E-state index in [1.807, 2.05) is 13.0 Å². The molecule has 0 fully saturated rings. The van der Waals surface area contributed by atoms with Gasteiger partial charge < -0.3 is 5.32 Å². The molecule has 0 saturated heterocycles. The van der Waals surface area contributed by atoms with Gasteiger partial charge in [0.1, 0.15) is 0 Å². The van der Waals surface area contributed by atoms with Gasteiger partial charge in [0.15, 0.2) is 19.7 Å². The van der Waals surface area contributed by atoms with Crippen molar-refractivity contribution in [1.29, 1.82) is 0 Å². The lowest BCUT2D eigenvalue weighted by atomic mass is 10.1. The lowest BCUT2D eigenvalue weighted by molar-refractivity contribution is 0.0950. The number of rotatable bonds is 5. The highest BCUT2D eigenvalue weighted by Crippen LogP contribution is 2.27. The Kier molecular flexibility index (Phi) is 5.64. The maximum absolute atomic E-state index is 12.9. The largest absolute Gasteiger partial charge is 0.348 e. The third-order valence-corrected chi connectivity index (χ3v) is 8.25. The molecule has 1 N–H and O–H groups in total. The minimum atomic E-state index is -3.56. The second kappa shape index (κ2) is 8.14. The molecule has 1 aliphatic heterocycles. The van der Waals surface area contributed by atoms with Crippen LogP contribution in [0.25, 0.3) is 11.3 Å². The molecule has 166 valence electrons. The molecule has 1 amide bonds. The fraction of sp³-hybridized carbons (Fsp3) is 0.217. The third kappa shape index (κ3) is 4.58. The minimum absolute atomic E-state index is 0.0196. The molecule has 0 radical (unpaired) electrons. The number of aryl methyl sites for hydroxylation is 2. The lowest BCUT2D eigenvalue weighted by Gasteiger charge is -2.11. The SMILES string of the molecule is Cc1ccc(-c2cc(C(=O)NCc3ccc4c(c3)S(=O)(=O)CC4)cc(S(C)(=O)=O)c2)nc1. The third-order valence-electron chi connectivity index (χ3n) is 5.36. The molecule has 2 aromatic carbocycles. The molecular formula is C23H22N2O5S2. The number of aromatic nitrogens is 1. The van der Waals surface area contributed by atoms with E-state index >= 15 is 0 Å². The van der Waals surface area contributed by atoms with Crippen molar-refractivity contribution >= 4 is 25.6 Å². The van der Waals surface area contributed by atoms with Crippen molar-refractivity contribution in [3.8, 4) is 11.3 Å². The van der Waals surface area contributed by atoms with Crippen LogP contribution in [-0.2, 0) is 32.6 Å². The van der Waals surface area contributed by atoms with Gasteiger partial charge in [-0.2, -0.15) is 0 Å². The monoisotopic (exact) mass is 470 g/mol. The molecule has 0 unspecified atom stereocenters. The van der Waals surface area contributed by atoms with Crippen LogP contribution in [0, 0.1) is 6.92 Å². The molecule has 1 aromatic heterocycles. The second-order valence-corrected chi connectivity index (χ2v) is 12.0. The molecule has 1 aliphatic rings. The highest BCUT2D eigenvalue weighted by atomic mass is 32.2. The van der Waals surface area contributed by atoms with Crippen molar-refractivity contribution in [2.24, 2.45) is 0 Å². The Balaban J connectivity index is 1.62. The van der Waals surface area contributed by atoms with Gasteiger partial charge in [-0.25, -0.2) is 16.8 Å². The maximum Gasteiger partial charge on any atom is 0.251 e. The number of hydrogen-bond donors (Lipinski definition) is 1. The molecule has 2 heterocycles. The first-order chi connectivity index (χ1) is 15.0. The standard InChI is InChI=1S/C23H22N2O5S2/c1-15-3-6-21(24-13-15)18-10-19(12-20(11-18)31(2,27)28)23(26)25-14-16-4-5-17-7-8-32(29,30)22(17)9-16/h3-6,9-13H,7-8,14H2,1-2H3,(H,25,26). The van der Waals surface area contributed by atoms with Crippen molar-refractivity contribution in [3.05, 3.63) is 77.0 Å². The number of hydrogen-bond acceptors (Lipinski definition) is 6. The molecule has 4 rings (SSSR count). The Hall–Kier alpha value is -3.04. The maximum atomic E-state index is 12.9. The highest BCUT2D eigenvalue weighted by Gasteiger charge is 2.26. The number of carbonyl (C=O) groups excluding carboxylic acids is 1. The number of carbonyl (C=O) groups is 1. The predicted molar refractivity (Wildman–Crippen MR) is 121 cm³/mol. The first-order valence-electron chi connectivity index (χ1n) is 9.94. The van der Waals surface area contributed by atoms with Crippen LogP contribution in [0.3, 0.4) is 0 Å². The van der Waals surface area contributed by atoms with Crippen LogP contribution in [0.4, 0.5) is 0 Å². The number of amides is 1. The number of pyridine rings is 1. The average molecular weight is 471 g/mol. The summed E-state index contributed by atoms with van der Waals surface area (Å²) in [5.41, 5.74) is 3.65. The fourth-order valence-corrected chi connectivity index (χ4v) is 5.87. The van der Waals surface area contributed by atoms with Crippen LogP contribution < -0.4 is 5.32 Å². The zero-order valence-electron chi connectivity index (χ0n) is 17.6. The van der Waals surface area contributed by atoms with E-state index in [0.717, 1.165) is 17.4 Å². The van der Waals surface area contributed by atoms with Gasteiger partial charge in [-0.3, -0.25) is 9.78 Å². The molecule has 0 aliphatic carbocycles. The van der Waals surface area contributed by atoms with Gasteiger partial charge in [-0.15, -0.1) is 0 Å². The zero-order chi connectivity index (χ0) is 23.1. The van der Waals surface area contributed by atoms with Gasteiger partial charge in [0.25, 0.3) is 5.91 Å². The quantitative estimate of drug-likeness (QED) is 0.614. The lowest BCUT2D eigenvalue weighted by Crippen LogP contribution is -2.23. The number of benzene rings is 2. The van der Waals surface area contributed by atoms with Gasteiger partial charge in [0.2, 0.25) is 0 Å². The van der Waals surface area contributed by atoms with E-state index in [4.69, 9.17) is 0 Å². The smallest absolute Gasteiger partial charge is 0.251 e. The van der Waals surface area contributed by atoms with E-state index in [-0.39, 0.29) is 22.8 Å². The van der Waals surface area contributed by atoms with E-state index in [1.165, 1.54) is 12.1 Å². The van der Waals surface area contributed by atoms with E-state index in [0.29, 0.717) is 28.1 Å². The average Bonchev–Trinajstić information content (AvgIpc) is 3.06. The van der Waals surface area contributed by atoms with E-state index in [9.17, 15) is 21.6 Å². The molecule has 7 nitrogen and oxygen atoms in total. The normalized spacial score (nSPS) is 14.7. The second-order valence-electron chi connectivity index (χ2n) is 7.93. The summed E-state index contributed by atoms with van der Waals surface area (Å²) in [5.74, 6) is -0.362. The Bertz CT molecular complexity index is 1430.